The summed E-state index contributed by atoms with van der Waals surface area (Å²) in [6.45, 7) is 0. The quantitative estimate of drug-likeness (QED) is 0.300. The molecule has 0 atom stereocenters. The predicted molar refractivity (Wildman–Crippen MR) is 131 cm³/mol. The smallest absolute Gasteiger partial charge is 0.291 e. The largest absolute Gasteiger partial charge is 0.451 e. The Balaban J connectivity index is 1.36. The van der Waals surface area contributed by atoms with E-state index < -0.39 is 17.7 Å². The first-order chi connectivity index (χ1) is 16.3. The van der Waals surface area contributed by atoms with E-state index in [0.29, 0.717) is 38.2 Å². The van der Waals surface area contributed by atoms with E-state index in [1.54, 1.807) is 48.5 Å². The molecule has 9 heteroatoms. The zero-order chi connectivity index (χ0) is 24.0. The fraction of sp³-hybridized carbons (Fsp3) is 0. The third kappa shape index (κ3) is 3.86. The van der Waals surface area contributed by atoms with Crippen LogP contribution < -0.4 is 10.2 Å². The van der Waals surface area contributed by atoms with Gasteiger partial charge in [0.15, 0.2) is 5.76 Å². The Morgan fingerprint density at radius 3 is 2.15 bits per heavy atom. The van der Waals surface area contributed by atoms with Crippen molar-refractivity contribution < 1.29 is 18.8 Å². The van der Waals surface area contributed by atoms with E-state index in [4.69, 9.17) is 39.2 Å². The van der Waals surface area contributed by atoms with Crippen LogP contribution in [0.25, 0.3) is 11.3 Å². The van der Waals surface area contributed by atoms with Crippen LogP contribution in [0.15, 0.2) is 77.2 Å². The number of nitrogens with one attached hydrogen (secondary N) is 1. The number of amides is 3. The number of halogens is 3. The molecule has 4 aromatic rings. The van der Waals surface area contributed by atoms with Crippen molar-refractivity contribution in [2.75, 3.05) is 10.2 Å². The van der Waals surface area contributed by atoms with E-state index in [-0.39, 0.29) is 16.5 Å². The zero-order valence-electron chi connectivity index (χ0n) is 17.1. The number of nitrogens with zero attached hydrogens (tertiary/aromatic N) is 1. The maximum Gasteiger partial charge on any atom is 0.291 e. The predicted octanol–water partition coefficient (Wildman–Crippen LogP) is 6.96. The number of hydrogen-bond donors (Lipinski definition) is 1. The topological polar surface area (TPSA) is 79.6 Å². The highest BCUT2D eigenvalue weighted by molar-refractivity contribution is 6.37. The number of carbonyl (C=O) groups excluding carboxylic acids is 3. The van der Waals surface area contributed by atoms with Gasteiger partial charge in [0.25, 0.3) is 17.7 Å². The van der Waals surface area contributed by atoms with E-state index in [1.165, 1.54) is 24.3 Å². The molecule has 1 aromatic heterocycles. The standard InChI is InChI=1S/C25H13Cl3N2O4/c26-13-5-7-18(27)17(11-13)21-9-10-22(34-21)23(31)29-20-8-6-14(12-19(20)28)30-24(32)15-3-1-2-4-16(15)25(30)33/h1-12H,(H,29,31). The van der Waals surface area contributed by atoms with Crippen LogP contribution in [0.2, 0.25) is 15.1 Å². The summed E-state index contributed by atoms with van der Waals surface area (Å²) in [5.41, 5.74) is 1.79. The summed E-state index contributed by atoms with van der Waals surface area (Å²) in [4.78, 5) is 39.2. The highest BCUT2D eigenvalue weighted by Gasteiger charge is 2.36. The molecule has 0 bridgehead atoms. The van der Waals surface area contributed by atoms with Gasteiger partial charge in [0.1, 0.15) is 5.76 Å². The molecule has 0 radical (unpaired) electrons. The lowest BCUT2D eigenvalue weighted by Crippen LogP contribution is -2.29. The van der Waals surface area contributed by atoms with Gasteiger partial charge >= 0.3 is 0 Å². The Kier molecular flexibility index (Phi) is 5.65. The van der Waals surface area contributed by atoms with E-state index in [1.807, 2.05) is 0 Å². The Morgan fingerprint density at radius 1 is 0.765 bits per heavy atom. The molecule has 1 N–H and O–H groups in total. The SMILES string of the molecule is O=C(Nc1ccc(N2C(=O)c3ccccc3C2=O)cc1Cl)c1ccc(-c2cc(Cl)ccc2Cl)o1. The molecule has 0 saturated heterocycles. The van der Waals surface area contributed by atoms with Crippen LogP contribution in [0.1, 0.15) is 31.3 Å². The van der Waals surface area contributed by atoms with Crippen LogP contribution in [0.5, 0.6) is 0 Å². The molecule has 1 aliphatic rings. The van der Waals surface area contributed by atoms with Gasteiger partial charge in [-0.15, -0.1) is 0 Å². The van der Waals surface area contributed by atoms with E-state index >= 15 is 0 Å². The van der Waals surface area contributed by atoms with Gasteiger partial charge in [-0.05, 0) is 60.7 Å². The summed E-state index contributed by atoms with van der Waals surface area (Å²) in [5, 5.41) is 3.71. The van der Waals surface area contributed by atoms with E-state index in [9.17, 15) is 14.4 Å². The van der Waals surface area contributed by atoms with Crippen molar-refractivity contribution in [1.29, 1.82) is 0 Å². The van der Waals surface area contributed by atoms with Gasteiger partial charge in [0.2, 0.25) is 0 Å². The lowest BCUT2D eigenvalue weighted by atomic mass is 10.1. The number of fused-ring (bicyclic) bond motifs is 1. The second-order valence-electron chi connectivity index (χ2n) is 7.40. The van der Waals surface area contributed by atoms with Gasteiger partial charge in [-0.2, -0.15) is 0 Å². The molecule has 1 aliphatic heterocycles. The van der Waals surface area contributed by atoms with Crippen LogP contribution in [0.3, 0.4) is 0 Å². The van der Waals surface area contributed by atoms with Crippen molar-refractivity contribution in [3.63, 3.8) is 0 Å². The van der Waals surface area contributed by atoms with Crippen molar-refractivity contribution in [2.45, 2.75) is 0 Å². The summed E-state index contributed by atoms with van der Waals surface area (Å²) in [7, 11) is 0. The van der Waals surface area contributed by atoms with Gasteiger partial charge in [-0.3, -0.25) is 14.4 Å². The molecule has 34 heavy (non-hydrogen) atoms. The number of imide groups is 1. The third-order valence-corrected chi connectivity index (χ3v) is 6.15. The number of rotatable bonds is 4. The minimum Gasteiger partial charge on any atom is -0.451 e. The first kappa shape index (κ1) is 22.2. The van der Waals surface area contributed by atoms with Crippen molar-refractivity contribution in [3.8, 4) is 11.3 Å². The summed E-state index contributed by atoms with van der Waals surface area (Å²) in [5.74, 6) is -0.997. The molecule has 0 fully saturated rings. The maximum atomic E-state index is 12.7. The van der Waals surface area contributed by atoms with Crippen LogP contribution in [-0.2, 0) is 0 Å². The Bertz CT molecular complexity index is 1460. The molecule has 3 aromatic carbocycles. The Labute approximate surface area is 208 Å². The Hall–Kier alpha value is -3.58. The summed E-state index contributed by atoms with van der Waals surface area (Å²) < 4.78 is 5.65. The van der Waals surface area contributed by atoms with Crippen molar-refractivity contribution >= 4 is 63.9 Å². The summed E-state index contributed by atoms with van der Waals surface area (Å²) in [6, 6.07) is 19.1. The normalized spacial score (nSPS) is 12.7. The van der Waals surface area contributed by atoms with Gasteiger partial charge in [-0.1, -0.05) is 46.9 Å². The Morgan fingerprint density at radius 2 is 1.47 bits per heavy atom. The van der Waals surface area contributed by atoms with E-state index in [2.05, 4.69) is 5.32 Å². The highest BCUT2D eigenvalue weighted by atomic mass is 35.5. The molecule has 2 heterocycles. The van der Waals surface area contributed by atoms with Gasteiger partial charge < -0.3 is 9.73 Å². The average Bonchev–Trinajstić information content (AvgIpc) is 3.41. The molecular formula is C25H13Cl3N2O4. The van der Waals surface area contributed by atoms with Crippen LogP contribution >= 0.6 is 34.8 Å². The van der Waals surface area contributed by atoms with Crippen molar-refractivity contribution in [3.05, 3.63) is 105 Å². The summed E-state index contributed by atoms with van der Waals surface area (Å²) in [6.07, 6.45) is 0. The van der Waals surface area contributed by atoms with Gasteiger partial charge in [-0.25, -0.2) is 4.90 Å². The monoisotopic (exact) mass is 510 g/mol. The number of furan rings is 1. The third-order valence-electron chi connectivity index (χ3n) is 5.28. The van der Waals surface area contributed by atoms with Gasteiger partial charge in [0, 0.05) is 10.6 Å². The van der Waals surface area contributed by atoms with Crippen molar-refractivity contribution in [1.82, 2.24) is 0 Å². The molecule has 5 rings (SSSR count). The number of hydrogen-bond acceptors (Lipinski definition) is 4. The first-order valence-corrected chi connectivity index (χ1v) is 11.1. The van der Waals surface area contributed by atoms with Crippen LogP contribution in [0, 0.1) is 0 Å². The lowest BCUT2D eigenvalue weighted by molar-refractivity contribution is 0.0924. The average molecular weight is 512 g/mol. The molecule has 0 saturated carbocycles. The molecular weight excluding hydrogens is 499 g/mol. The molecule has 6 nitrogen and oxygen atoms in total. The maximum absolute atomic E-state index is 12.7. The first-order valence-electron chi connectivity index (χ1n) is 9.97. The van der Waals surface area contributed by atoms with Crippen molar-refractivity contribution in [2.24, 2.45) is 0 Å². The fourth-order valence-electron chi connectivity index (χ4n) is 3.64. The zero-order valence-corrected chi connectivity index (χ0v) is 19.4. The number of anilines is 2. The molecule has 0 aliphatic carbocycles. The minimum atomic E-state index is -0.542. The highest BCUT2D eigenvalue weighted by Crippen LogP contribution is 2.34. The van der Waals surface area contributed by atoms with Crippen LogP contribution in [0.4, 0.5) is 11.4 Å². The van der Waals surface area contributed by atoms with Crippen LogP contribution in [-0.4, -0.2) is 17.7 Å². The lowest BCUT2D eigenvalue weighted by Gasteiger charge is -2.15. The van der Waals surface area contributed by atoms with Gasteiger partial charge in [0.05, 0.1) is 32.5 Å². The molecule has 3 amide bonds. The minimum absolute atomic E-state index is 0.0338. The second kappa shape index (κ2) is 8.65. The number of carbonyl (C=O) groups is 3. The molecule has 168 valence electrons. The van der Waals surface area contributed by atoms with E-state index in [0.717, 1.165) is 4.90 Å². The molecule has 0 spiro atoms. The number of benzene rings is 3. The fourth-order valence-corrected chi connectivity index (χ4v) is 4.25. The second-order valence-corrected chi connectivity index (χ2v) is 8.65. The molecule has 0 unspecified atom stereocenters. The summed E-state index contributed by atoms with van der Waals surface area (Å²) >= 11 is 18.6.